The van der Waals surface area contributed by atoms with E-state index >= 15 is 0 Å². The topological polar surface area (TPSA) is 66.8 Å². The molecule has 2 N–H and O–H groups in total. The fourth-order valence-electron chi connectivity index (χ4n) is 1.35. The molecule has 1 atom stereocenters. The fraction of sp³-hybridized carbons (Fsp3) is 0.364. The van der Waals surface area contributed by atoms with Crippen molar-refractivity contribution in [2.45, 2.75) is 19.1 Å². The molecule has 0 spiro atoms. The van der Waals surface area contributed by atoms with Crippen molar-refractivity contribution in [3.05, 3.63) is 35.4 Å². The Bertz CT molecular complexity index is 335. The van der Waals surface area contributed by atoms with Crippen LogP contribution >= 0.6 is 0 Å². The number of ether oxygens (including phenoxy) is 1. The zero-order chi connectivity index (χ0) is 11.3. The number of aliphatic hydroxyl groups excluding tert-OH is 1. The minimum atomic E-state index is -1.36. The molecule has 0 saturated heterocycles. The van der Waals surface area contributed by atoms with E-state index in [0.29, 0.717) is 6.61 Å². The summed E-state index contributed by atoms with van der Waals surface area (Å²) in [7, 11) is 1.57. The Balaban J connectivity index is 2.79. The summed E-state index contributed by atoms with van der Waals surface area (Å²) in [6, 6.07) is 7.31. The molecule has 0 saturated carbocycles. The first-order valence-electron chi connectivity index (χ1n) is 4.61. The lowest BCUT2D eigenvalue weighted by Gasteiger charge is -2.10. The maximum Gasteiger partial charge on any atom is 0.332 e. The quantitative estimate of drug-likeness (QED) is 0.755. The van der Waals surface area contributed by atoms with Crippen molar-refractivity contribution in [3.8, 4) is 0 Å². The fourth-order valence-corrected chi connectivity index (χ4v) is 1.35. The largest absolute Gasteiger partial charge is 0.479 e. The summed E-state index contributed by atoms with van der Waals surface area (Å²) in [6.45, 7) is 0.419. The number of rotatable bonds is 5. The summed E-state index contributed by atoms with van der Waals surface area (Å²) in [5.41, 5.74) is 1.70. The first kappa shape index (κ1) is 11.7. The van der Waals surface area contributed by atoms with E-state index in [1.807, 2.05) is 18.2 Å². The lowest BCUT2D eigenvalue weighted by molar-refractivity contribution is -0.146. The number of carboxylic acid groups (broad SMARTS) is 1. The first-order valence-corrected chi connectivity index (χ1v) is 4.61. The Hall–Kier alpha value is -1.39. The number of hydrogen-bond donors (Lipinski definition) is 2. The van der Waals surface area contributed by atoms with Gasteiger partial charge in [0, 0.05) is 13.5 Å². The number of carbonyl (C=O) groups is 1. The van der Waals surface area contributed by atoms with Gasteiger partial charge in [-0.15, -0.1) is 0 Å². The van der Waals surface area contributed by atoms with Crippen molar-refractivity contribution >= 4 is 5.97 Å². The Morgan fingerprint density at radius 1 is 1.40 bits per heavy atom. The molecule has 0 fully saturated rings. The van der Waals surface area contributed by atoms with Crippen LogP contribution < -0.4 is 0 Å². The van der Waals surface area contributed by atoms with Crippen LogP contribution in [0.5, 0.6) is 0 Å². The van der Waals surface area contributed by atoms with Crippen LogP contribution in [0.3, 0.4) is 0 Å². The summed E-state index contributed by atoms with van der Waals surface area (Å²) in [5.74, 6) is -1.21. The number of aliphatic hydroxyl groups is 1. The molecule has 1 rings (SSSR count). The molecule has 0 aliphatic heterocycles. The molecular formula is C11H14O4. The third kappa shape index (κ3) is 3.34. The molecule has 4 heteroatoms. The van der Waals surface area contributed by atoms with E-state index in [1.54, 1.807) is 13.2 Å². The van der Waals surface area contributed by atoms with Gasteiger partial charge in [-0.05, 0) is 11.1 Å². The van der Waals surface area contributed by atoms with Crippen molar-refractivity contribution < 1.29 is 19.7 Å². The van der Waals surface area contributed by atoms with Crippen molar-refractivity contribution in [1.82, 2.24) is 0 Å². The predicted octanol–water partition coefficient (Wildman–Crippen LogP) is 0.821. The van der Waals surface area contributed by atoms with Gasteiger partial charge in [0.15, 0.2) is 6.10 Å². The highest BCUT2D eigenvalue weighted by Crippen LogP contribution is 2.12. The van der Waals surface area contributed by atoms with E-state index in [-0.39, 0.29) is 6.42 Å². The first-order chi connectivity index (χ1) is 7.15. The van der Waals surface area contributed by atoms with E-state index in [2.05, 4.69) is 0 Å². The highest BCUT2D eigenvalue weighted by molar-refractivity contribution is 5.72. The summed E-state index contributed by atoms with van der Waals surface area (Å²) >= 11 is 0. The summed E-state index contributed by atoms with van der Waals surface area (Å²) in [4.78, 5) is 10.5. The predicted molar refractivity (Wildman–Crippen MR) is 54.5 cm³/mol. The number of benzene rings is 1. The zero-order valence-electron chi connectivity index (χ0n) is 8.51. The van der Waals surface area contributed by atoms with Crippen LogP contribution in [-0.4, -0.2) is 29.4 Å². The van der Waals surface area contributed by atoms with Crippen LogP contribution in [0.25, 0.3) is 0 Å². The molecule has 0 amide bonds. The lowest BCUT2D eigenvalue weighted by atomic mass is 10.0. The van der Waals surface area contributed by atoms with Crippen LogP contribution in [-0.2, 0) is 22.6 Å². The normalized spacial score (nSPS) is 12.4. The Labute approximate surface area is 88.1 Å². The molecule has 4 nitrogen and oxygen atoms in total. The van der Waals surface area contributed by atoms with Gasteiger partial charge >= 0.3 is 5.97 Å². The molecule has 1 aromatic rings. The third-order valence-corrected chi connectivity index (χ3v) is 2.12. The highest BCUT2D eigenvalue weighted by Gasteiger charge is 2.15. The minimum absolute atomic E-state index is 0.106. The molecule has 1 aromatic carbocycles. The second-order valence-electron chi connectivity index (χ2n) is 3.26. The van der Waals surface area contributed by atoms with Crippen molar-refractivity contribution in [2.24, 2.45) is 0 Å². The number of methoxy groups -OCH3 is 1. The second kappa shape index (κ2) is 5.48. The SMILES string of the molecule is COCc1ccccc1CC(O)C(=O)O. The van der Waals surface area contributed by atoms with E-state index in [4.69, 9.17) is 9.84 Å². The monoisotopic (exact) mass is 210 g/mol. The van der Waals surface area contributed by atoms with Gasteiger partial charge < -0.3 is 14.9 Å². The highest BCUT2D eigenvalue weighted by atomic mass is 16.5. The number of hydrogen-bond acceptors (Lipinski definition) is 3. The second-order valence-corrected chi connectivity index (χ2v) is 3.26. The molecule has 0 aromatic heterocycles. The average molecular weight is 210 g/mol. The average Bonchev–Trinajstić information content (AvgIpc) is 2.21. The number of aliphatic carboxylic acids is 1. The Morgan fingerprint density at radius 2 is 2.00 bits per heavy atom. The van der Waals surface area contributed by atoms with Crippen LogP contribution in [0.15, 0.2) is 24.3 Å². The van der Waals surface area contributed by atoms with Gasteiger partial charge in [0.05, 0.1) is 6.61 Å². The molecule has 0 heterocycles. The molecule has 0 radical (unpaired) electrons. The van der Waals surface area contributed by atoms with Gasteiger partial charge in [-0.25, -0.2) is 4.79 Å². The maximum absolute atomic E-state index is 10.5. The maximum atomic E-state index is 10.5. The summed E-state index contributed by atoms with van der Waals surface area (Å²) < 4.78 is 4.98. The molecule has 0 aliphatic rings. The van der Waals surface area contributed by atoms with Crippen LogP contribution in [0.1, 0.15) is 11.1 Å². The van der Waals surface area contributed by atoms with Crippen molar-refractivity contribution in [3.63, 3.8) is 0 Å². The molecule has 15 heavy (non-hydrogen) atoms. The molecule has 1 unspecified atom stereocenters. The van der Waals surface area contributed by atoms with Crippen LogP contribution in [0.2, 0.25) is 0 Å². The van der Waals surface area contributed by atoms with Gasteiger partial charge in [0.1, 0.15) is 0 Å². The zero-order valence-corrected chi connectivity index (χ0v) is 8.51. The van der Waals surface area contributed by atoms with Gasteiger partial charge in [-0.3, -0.25) is 0 Å². The lowest BCUT2D eigenvalue weighted by Crippen LogP contribution is -2.22. The third-order valence-electron chi connectivity index (χ3n) is 2.12. The molecule has 0 bridgehead atoms. The van der Waals surface area contributed by atoms with Gasteiger partial charge in [-0.2, -0.15) is 0 Å². The molecule has 0 aliphatic carbocycles. The van der Waals surface area contributed by atoms with Crippen LogP contribution in [0, 0.1) is 0 Å². The van der Waals surface area contributed by atoms with E-state index in [1.165, 1.54) is 0 Å². The Morgan fingerprint density at radius 3 is 2.53 bits per heavy atom. The molecule has 82 valence electrons. The van der Waals surface area contributed by atoms with Gasteiger partial charge in [0.25, 0.3) is 0 Å². The van der Waals surface area contributed by atoms with Gasteiger partial charge in [0.2, 0.25) is 0 Å². The summed E-state index contributed by atoms with van der Waals surface area (Å²) in [6.07, 6.45) is -1.25. The van der Waals surface area contributed by atoms with Gasteiger partial charge in [-0.1, -0.05) is 24.3 Å². The smallest absolute Gasteiger partial charge is 0.332 e. The minimum Gasteiger partial charge on any atom is -0.479 e. The molecular weight excluding hydrogens is 196 g/mol. The standard InChI is InChI=1S/C11H14O4/c1-15-7-9-5-3-2-4-8(9)6-10(12)11(13)14/h2-5,10,12H,6-7H2,1H3,(H,13,14). The van der Waals surface area contributed by atoms with Crippen molar-refractivity contribution in [2.75, 3.05) is 7.11 Å². The van der Waals surface area contributed by atoms with E-state index < -0.39 is 12.1 Å². The summed E-state index contributed by atoms with van der Waals surface area (Å²) in [5, 5.41) is 17.8. The van der Waals surface area contributed by atoms with E-state index in [9.17, 15) is 9.90 Å². The van der Waals surface area contributed by atoms with Crippen molar-refractivity contribution in [1.29, 1.82) is 0 Å². The van der Waals surface area contributed by atoms with Crippen LogP contribution in [0.4, 0.5) is 0 Å². The number of carboxylic acids is 1. The van der Waals surface area contributed by atoms with E-state index in [0.717, 1.165) is 11.1 Å². The Kier molecular flexibility index (Phi) is 4.27.